The van der Waals surface area contributed by atoms with E-state index in [-0.39, 0.29) is 29.8 Å². The minimum absolute atomic E-state index is 0.00617. The lowest BCUT2D eigenvalue weighted by atomic mass is 9.95. The maximum Gasteiger partial charge on any atom is 0.243 e. The van der Waals surface area contributed by atoms with Gasteiger partial charge in [-0.3, -0.25) is 4.79 Å². The first-order chi connectivity index (χ1) is 13.4. The van der Waals surface area contributed by atoms with E-state index in [1.165, 1.54) is 16.4 Å². The highest BCUT2D eigenvalue weighted by atomic mass is 32.2. The number of ether oxygens (including phenoxy) is 1. The monoisotopic (exact) mass is 404 g/mol. The molecule has 0 N–H and O–H groups in total. The van der Waals surface area contributed by atoms with Crippen molar-refractivity contribution in [2.75, 3.05) is 32.8 Å². The summed E-state index contributed by atoms with van der Waals surface area (Å²) in [6.45, 7) is 1.43. The molecule has 0 saturated carbocycles. The Hall–Kier alpha value is -2.45. The lowest BCUT2D eigenvalue weighted by Crippen LogP contribution is -2.52. The number of fused-ring (bicyclic) bond motifs is 1. The molecule has 2 aliphatic heterocycles. The Labute approximate surface area is 163 Å². The SMILES string of the molecule is O=C(C1COc2ccccc2C1)N1CCN(S(=O)(=O)c2ccc(F)cc2)CC1. The summed E-state index contributed by atoms with van der Waals surface area (Å²) in [4.78, 5) is 14.6. The van der Waals surface area contributed by atoms with Crippen LogP contribution in [0, 0.1) is 11.7 Å². The Bertz CT molecular complexity index is 970. The molecule has 1 atom stereocenters. The van der Waals surface area contributed by atoms with E-state index in [1.54, 1.807) is 4.90 Å². The lowest BCUT2D eigenvalue weighted by Gasteiger charge is -2.36. The van der Waals surface area contributed by atoms with E-state index >= 15 is 0 Å². The van der Waals surface area contributed by atoms with E-state index in [0.29, 0.717) is 26.1 Å². The third kappa shape index (κ3) is 3.62. The van der Waals surface area contributed by atoms with Crippen LogP contribution in [0.1, 0.15) is 5.56 Å². The van der Waals surface area contributed by atoms with Crippen LogP contribution in [0.5, 0.6) is 5.75 Å². The van der Waals surface area contributed by atoms with Crippen molar-refractivity contribution in [3.05, 3.63) is 59.9 Å². The Morgan fingerprint density at radius 1 is 1.00 bits per heavy atom. The fraction of sp³-hybridized carbons (Fsp3) is 0.350. The second kappa shape index (κ2) is 7.52. The third-order valence-corrected chi connectivity index (χ3v) is 7.14. The van der Waals surface area contributed by atoms with E-state index in [9.17, 15) is 17.6 Å². The highest BCUT2D eigenvalue weighted by Crippen LogP contribution is 2.28. The molecule has 0 bridgehead atoms. The fourth-order valence-corrected chi connectivity index (χ4v) is 5.07. The number of carbonyl (C=O) groups excluding carboxylic acids is 1. The molecule has 0 spiro atoms. The van der Waals surface area contributed by atoms with Gasteiger partial charge >= 0.3 is 0 Å². The Morgan fingerprint density at radius 3 is 2.39 bits per heavy atom. The number of hydrogen-bond acceptors (Lipinski definition) is 4. The standard InChI is InChI=1S/C20H21FN2O4S/c21-17-5-7-18(8-6-17)28(25,26)23-11-9-22(10-12-23)20(24)16-13-15-3-1-2-4-19(15)27-14-16/h1-8,16H,9-14H2. The first-order valence-electron chi connectivity index (χ1n) is 9.20. The lowest BCUT2D eigenvalue weighted by molar-refractivity contribution is -0.138. The molecule has 1 amide bonds. The second-order valence-corrected chi connectivity index (χ2v) is 8.94. The predicted molar refractivity (Wildman–Crippen MR) is 101 cm³/mol. The molecule has 0 aliphatic carbocycles. The van der Waals surface area contributed by atoms with E-state index in [1.807, 2.05) is 24.3 Å². The van der Waals surface area contributed by atoms with Crippen molar-refractivity contribution in [1.82, 2.24) is 9.21 Å². The zero-order valence-corrected chi connectivity index (χ0v) is 16.1. The number of nitrogens with zero attached hydrogens (tertiary/aromatic N) is 2. The van der Waals surface area contributed by atoms with Crippen molar-refractivity contribution >= 4 is 15.9 Å². The average Bonchev–Trinajstić information content (AvgIpc) is 2.73. The van der Waals surface area contributed by atoms with Crippen molar-refractivity contribution in [3.63, 3.8) is 0 Å². The Morgan fingerprint density at radius 2 is 1.68 bits per heavy atom. The largest absolute Gasteiger partial charge is 0.492 e. The Kier molecular flexibility index (Phi) is 5.07. The Balaban J connectivity index is 1.39. The fourth-order valence-electron chi connectivity index (χ4n) is 3.65. The zero-order valence-electron chi connectivity index (χ0n) is 15.3. The smallest absolute Gasteiger partial charge is 0.243 e. The molecule has 0 radical (unpaired) electrons. The maximum atomic E-state index is 13.1. The molecule has 8 heteroatoms. The molecule has 2 heterocycles. The number of para-hydroxylation sites is 1. The number of halogens is 1. The van der Waals surface area contributed by atoms with Crippen molar-refractivity contribution in [3.8, 4) is 5.75 Å². The molecule has 1 fully saturated rings. The average molecular weight is 404 g/mol. The van der Waals surface area contributed by atoms with Crippen molar-refractivity contribution in [2.24, 2.45) is 5.92 Å². The van der Waals surface area contributed by atoms with Crippen LogP contribution in [0.3, 0.4) is 0 Å². The summed E-state index contributed by atoms with van der Waals surface area (Å²) in [7, 11) is -3.69. The summed E-state index contributed by atoms with van der Waals surface area (Å²) in [6, 6.07) is 12.5. The second-order valence-electron chi connectivity index (χ2n) is 7.00. The van der Waals surface area contributed by atoms with Gasteiger partial charge in [-0.25, -0.2) is 12.8 Å². The van der Waals surface area contributed by atoms with Crippen LogP contribution in [0.2, 0.25) is 0 Å². The summed E-state index contributed by atoms with van der Waals surface area (Å²) in [5, 5.41) is 0. The molecular formula is C20H21FN2O4S. The summed E-state index contributed by atoms with van der Waals surface area (Å²) < 4.78 is 45.5. The van der Waals surface area contributed by atoms with E-state index in [4.69, 9.17) is 4.74 Å². The van der Waals surface area contributed by atoms with Crippen molar-refractivity contribution < 1.29 is 22.3 Å². The van der Waals surface area contributed by atoms with Gasteiger partial charge in [0.1, 0.15) is 18.2 Å². The van der Waals surface area contributed by atoms with E-state index in [2.05, 4.69) is 0 Å². The number of amides is 1. The molecule has 148 valence electrons. The molecule has 2 aromatic rings. The summed E-state index contributed by atoms with van der Waals surface area (Å²) >= 11 is 0. The molecule has 28 heavy (non-hydrogen) atoms. The zero-order chi connectivity index (χ0) is 19.7. The van der Waals surface area contributed by atoms with Crippen LogP contribution >= 0.6 is 0 Å². The molecule has 1 unspecified atom stereocenters. The van der Waals surface area contributed by atoms with Crippen molar-refractivity contribution in [1.29, 1.82) is 0 Å². The van der Waals surface area contributed by atoms with Gasteiger partial charge in [-0.05, 0) is 42.3 Å². The van der Waals surface area contributed by atoms with Crippen LogP contribution in [0.15, 0.2) is 53.4 Å². The van der Waals surface area contributed by atoms with Gasteiger partial charge in [0.25, 0.3) is 0 Å². The molecule has 2 aromatic carbocycles. The highest BCUT2D eigenvalue weighted by Gasteiger charge is 2.34. The third-order valence-electron chi connectivity index (χ3n) is 5.23. The van der Waals surface area contributed by atoms with Gasteiger partial charge in [0.2, 0.25) is 15.9 Å². The summed E-state index contributed by atoms with van der Waals surface area (Å²) in [5.41, 5.74) is 1.02. The molecule has 0 aromatic heterocycles. The minimum Gasteiger partial charge on any atom is -0.492 e. The minimum atomic E-state index is -3.69. The number of benzene rings is 2. The topological polar surface area (TPSA) is 66.9 Å². The van der Waals surface area contributed by atoms with Crippen LogP contribution in [-0.4, -0.2) is 56.3 Å². The molecule has 2 aliphatic rings. The number of piperazine rings is 1. The number of hydrogen-bond donors (Lipinski definition) is 0. The molecule has 6 nitrogen and oxygen atoms in total. The van der Waals surface area contributed by atoms with Gasteiger partial charge in [-0.2, -0.15) is 4.31 Å². The van der Waals surface area contributed by atoms with Crippen LogP contribution in [-0.2, 0) is 21.2 Å². The van der Waals surface area contributed by atoms with Gasteiger partial charge in [0.05, 0.1) is 10.8 Å². The summed E-state index contributed by atoms with van der Waals surface area (Å²) in [6.07, 6.45) is 0.628. The van der Waals surface area contributed by atoms with E-state index < -0.39 is 15.8 Å². The van der Waals surface area contributed by atoms with Crippen LogP contribution in [0.25, 0.3) is 0 Å². The van der Waals surface area contributed by atoms with Gasteiger partial charge in [0, 0.05) is 26.2 Å². The van der Waals surface area contributed by atoms with Gasteiger partial charge in [-0.15, -0.1) is 0 Å². The van der Waals surface area contributed by atoms with Gasteiger partial charge < -0.3 is 9.64 Å². The summed E-state index contributed by atoms with van der Waals surface area (Å²) in [5.74, 6) is 0.0795. The number of sulfonamides is 1. The predicted octanol–water partition coefficient (Wildman–Crippen LogP) is 1.91. The molecule has 4 rings (SSSR count). The van der Waals surface area contributed by atoms with Gasteiger partial charge in [-0.1, -0.05) is 18.2 Å². The highest BCUT2D eigenvalue weighted by molar-refractivity contribution is 7.89. The van der Waals surface area contributed by atoms with Gasteiger partial charge in [0.15, 0.2) is 0 Å². The number of carbonyl (C=O) groups is 1. The normalized spacial score (nSPS) is 20.3. The van der Waals surface area contributed by atoms with Crippen LogP contribution in [0.4, 0.5) is 4.39 Å². The number of rotatable bonds is 3. The maximum absolute atomic E-state index is 13.1. The quantitative estimate of drug-likeness (QED) is 0.784. The van der Waals surface area contributed by atoms with Crippen LogP contribution < -0.4 is 4.74 Å². The molecular weight excluding hydrogens is 383 g/mol. The first-order valence-corrected chi connectivity index (χ1v) is 10.6. The van der Waals surface area contributed by atoms with E-state index in [0.717, 1.165) is 23.4 Å². The van der Waals surface area contributed by atoms with Crippen molar-refractivity contribution in [2.45, 2.75) is 11.3 Å². The molecule has 1 saturated heterocycles. The first kappa shape index (κ1) is 18.9.